The Labute approximate surface area is 190 Å². The minimum atomic E-state index is -3.01. The van der Waals surface area contributed by atoms with Gasteiger partial charge < -0.3 is 42.8 Å². The van der Waals surface area contributed by atoms with Crippen LogP contribution in [0, 0.1) is 0 Å². The van der Waals surface area contributed by atoms with Crippen LogP contribution in [0.3, 0.4) is 0 Å². The summed E-state index contributed by atoms with van der Waals surface area (Å²) < 4.78 is 38.8. The van der Waals surface area contributed by atoms with Crippen molar-refractivity contribution in [2.24, 2.45) is 11.5 Å². The van der Waals surface area contributed by atoms with Crippen LogP contribution >= 0.6 is 0 Å². The maximum absolute atomic E-state index is 10.9. The maximum Gasteiger partial charge on any atom is 0.544 e. The summed E-state index contributed by atoms with van der Waals surface area (Å²) in [5.74, 6) is 0. The van der Waals surface area contributed by atoms with Gasteiger partial charge in [0.05, 0.1) is 5.67 Å². The van der Waals surface area contributed by atoms with E-state index in [1.807, 2.05) is 55.4 Å². The topological polar surface area (TPSA) is 134 Å². The second-order valence-corrected chi connectivity index (χ2v) is 11.7. The third-order valence-corrected chi connectivity index (χ3v) is 10.8. The SMILES string of the molecule is CCO[Si](OCC)(OCC)C(CC)OC(N)=O.CCO[Si](OCC)(OCC)C(N)CC. The van der Waals surface area contributed by atoms with Crippen molar-refractivity contribution in [3.63, 3.8) is 0 Å². The summed E-state index contributed by atoms with van der Waals surface area (Å²) >= 11 is 0. The maximum atomic E-state index is 10.9. The smallest absolute Gasteiger partial charge is 0.442 e. The first-order valence-corrected chi connectivity index (χ1v) is 14.9. The molecule has 0 aliphatic rings. The molecule has 31 heavy (non-hydrogen) atoms. The zero-order valence-electron chi connectivity index (χ0n) is 20.7. The molecule has 0 aliphatic heterocycles. The molecular formula is C19H46N2O8Si2. The molecule has 0 rings (SSSR count). The van der Waals surface area contributed by atoms with Gasteiger partial charge in [0, 0.05) is 39.6 Å². The second kappa shape index (κ2) is 18.9. The van der Waals surface area contributed by atoms with Gasteiger partial charge in [0.1, 0.15) is 0 Å². The van der Waals surface area contributed by atoms with E-state index in [-0.39, 0.29) is 5.67 Å². The molecule has 0 radical (unpaired) electrons. The van der Waals surface area contributed by atoms with Crippen molar-refractivity contribution < 1.29 is 36.1 Å². The van der Waals surface area contributed by atoms with Crippen LogP contribution in [0.5, 0.6) is 0 Å². The largest absolute Gasteiger partial charge is 0.544 e. The molecule has 0 aliphatic carbocycles. The van der Waals surface area contributed by atoms with Crippen molar-refractivity contribution in [2.45, 2.75) is 79.6 Å². The Balaban J connectivity index is 0. The highest BCUT2D eigenvalue weighted by atomic mass is 28.4. The first-order valence-electron chi connectivity index (χ1n) is 11.3. The highest BCUT2D eigenvalue weighted by Gasteiger charge is 2.51. The lowest BCUT2D eigenvalue weighted by Crippen LogP contribution is -2.60. The molecule has 4 N–H and O–H groups in total. The molecule has 0 heterocycles. The van der Waals surface area contributed by atoms with Crippen LogP contribution in [0.1, 0.15) is 68.2 Å². The molecule has 0 aromatic rings. The van der Waals surface area contributed by atoms with Crippen molar-refractivity contribution in [1.29, 1.82) is 0 Å². The Morgan fingerprint density at radius 1 is 0.645 bits per heavy atom. The van der Waals surface area contributed by atoms with Gasteiger partial charge in [-0.15, -0.1) is 0 Å². The fourth-order valence-corrected chi connectivity index (χ4v) is 8.23. The molecular weight excluding hydrogens is 440 g/mol. The lowest BCUT2D eigenvalue weighted by atomic mass is 10.5. The Hall–Kier alpha value is -0.576. The molecule has 0 aromatic carbocycles. The monoisotopic (exact) mass is 486 g/mol. The van der Waals surface area contributed by atoms with Crippen molar-refractivity contribution in [3.05, 3.63) is 0 Å². The van der Waals surface area contributed by atoms with Gasteiger partial charge in [-0.1, -0.05) is 13.8 Å². The minimum Gasteiger partial charge on any atom is -0.442 e. The number of carbonyl (C=O) groups excluding carboxylic acids is 1. The van der Waals surface area contributed by atoms with Crippen LogP contribution in [-0.4, -0.2) is 74.7 Å². The Morgan fingerprint density at radius 2 is 0.968 bits per heavy atom. The number of hydrogen-bond acceptors (Lipinski definition) is 9. The summed E-state index contributed by atoms with van der Waals surface area (Å²) in [5.41, 5.74) is 10.4. The average Bonchev–Trinajstić information content (AvgIpc) is 2.72. The summed E-state index contributed by atoms with van der Waals surface area (Å²) in [4.78, 5) is 10.9. The number of carbonyl (C=O) groups is 1. The molecule has 0 saturated carbocycles. The van der Waals surface area contributed by atoms with E-state index in [0.29, 0.717) is 46.1 Å². The molecule has 0 saturated heterocycles. The molecule has 0 spiro atoms. The van der Waals surface area contributed by atoms with Crippen LogP contribution in [0.2, 0.25) is 0 Å². The predicted octanol–water partition coefficient (Wildman–Crippen LogP) is 2.76. The molecule has 2 unspecified atom stereocenters. The minimum absolute atomic E-state index is 0.123. The van der Waals surface area contributed by atoms with Crippen molar-refractivity contribution in [1.82, 2.24) is 0 Å². The summed E-state index contributed by atoms with van der Waals surface area (Å²) in [7, 11) is -5.63. The van der Waals surface area contributed by atoms with E-state index in [1.165, 1.54) is 0 Å². The molecule has 0 aromatic heterocycles. The van der Waals surface area contributed by atoms with Gasteiger partial charge in [0.25, 0.3) is 0 Å². The first-order chi connectivity index (χ1) is 14.7. The van der Waals surface area contributed by atoms with Crippen LogP contribution < -0.4 is 11.5 Å². The van der Waals surface area contributed by atoms with E-state index < -0.39 is 29.4 Å². The third-order valence-electron chi connectivity index (χ3n) is 3.99. The fraction of sp³-hybridized carbons (Fsp3) is 0.947. The summed E-state index contributed by atoms with van der Waals surface area (Å²) in [6.45, 7) is 18.3. The van der Waals surface area contributed by atoms with Crippen LogP contribution in [0.15, 0.2) is 0 Å². The zero-order chi connectivity index (χ0) is 24.3. The molecule has 10 nitrogen and oxygen atoms in total. The molecule has 12 heteroatoms. The van der Waals surface area contributed by atoms with Crippen molar-refractivity contribution in [2.75, 3.05) is 39.6 Å². The van der Waals surface area contributed by atoms with Crippen LogP contribution in [0.25, 0.3) is 0 Å². The number of amides is 1. The molecule has 0 fully saturated rings. The molecule has 1 amide bonds. The fourth-order valence-electron chi connectivity index (χ4n) is 2.85. The molecule has 188 valence electrons. The molecule has 0 bridgehead atoms. The lowest BCUT2D eigenvalue weighted by Gasteiger charge is -2.33. The highest BCUT2D eigenvalue weighted by Crippen LogP contribution is 2.20. The summed E-state index contributed by atoms with van der Waals surface area (Å²) in [5, 5.41) is 0. The summed E-state index contributed by atoms with van der Waals surface area (Å²) in [6, 6.07) is 0. The van der Waals surface area contributed by atoms with Gasteiger partial charge in [-0.25, -0.2) is 4.79 Å². The predicted molar refractivity (Wildman–Crippen MR) is 124 cm³/mol. The molecule has 2 atom stereocenters. The van der Waals surface area contributed by atoms with Gasteiger partial charge in [-0.05, 0) is 54.4 Å². The Bertz CT molecular complexity index is 415. The van der Waals surface area contributed by atoms with Gasteiger partial charge in [-0.2, -0.15) is 0 Å². The number of rotatable bonds is 17. The second-order valence-electron chi connectivity index (χ2n) is 6.15. The average molecular weight is 487 g/mol. The lowest BCUT2D eigenvalue weighted by molar-refractivity contribution is 0.0142. The number of hydrogen-bond donors (Lipinski definition) is 2. The van der Waals surface area contributed by atoms with E-state index in [4.69, 9.17) is 42.8 Å². The summed E-state index contributed by atoms with van der Waals surface area (Å²) in [6.07, 6.45) is 0.509. The normalized spacial score (nSPS) is 13.8. The Kier molecular flexibility index (Phi) is 19.9. The van der Waals surface area contributed by atoms with E-state index in [0.717, 1.165) is 6.42 Å². The quantitative estimate of drug-likeness (QED) is 0.298. The van der Waals surface area contributed by atoms with Gasteiger partial charge >= 0.3 is 23.7 Å². The van der Waals surface area contributed by atoms with Crippen LogP contribution in [0.4, 0.5) is 4.79 Å². The van der Waals surface area contributed by atoms with E-state index >= 15 is 0 Å². The number of nitrogens with two attached hydrogens (primary N) is 2. The third kappa shape index (κ3) is 11.7. The first kappa shape index (κ1) is 32.6. The van der Waals surface area contributed by atoms with E-state index in [2.05, 4.69) is 0 Å². The standard InChI is InChI=1S/C10H23NO5Si.C9H23NO3Si/c1-5-9(16-10(11)12)17(13-6-2,14-7-3)15-8-4;1-5-9(10)14(11-6-2,12-7-3)13-8-4/h9H,5-8H2,1-4H3,(H2,11,12);9H,5-8,10H2,1-4H3. The zero-order valence-corrected chi connectivity index (χ0v) is 22.7. The highest BCUT2D eigenvalue weighted by molar-refractivity contribution is 6.62. The van der Waals surface area contributed by atoms with Crippen molar-refractivity contribution >= 4 is 23.7 Å². The Morgan fingerprint density at radius 3 is 1.19 bits per heavy atom. The number of ether oxygens (including phenoxy) is 1. The van der Waals surface area contributed by atoms with E-state index in [9.17, 15) is 4.79 Å². The van der Waals surface area contributed by atoms with Gasteiger partial charge in [0.15, 0.2) is 5.73 Å². The van der Waals surface area contributed by atoms with E-state index in [1.54, 1.807) is 0 Å². The van der Waals surface area contributed by atoms with Crippen molar-refractivity contribution in [3.8, 4) is 0 Å². The number of primary amides is 1. The van der Waals surface area contributed by atoms with Gasteiger partial charge in [-0.3, -0.25) is 0 Å². The van der Waals surface area contributed by atoms with Gasteiger partial charge in [0.2, 0.25) is 0 Å². The van der Waals surface area contributed by atoms with Crippen LogP contribution in [-0.2, 0) is 31.3 Å².